The molecule has 0 bridgehead atoms. The van der Waals surface area contributed by atoms with Gasteiger partial charge in [-0.1, -0.05) is 0 Å². The molecule has 0 fully saturated rings. The van der Waals surface area contributed by atoms with Crippen molar-refractivity contribution in [2.75, 3.05) is 13.8 Å². The minimum absolute atomic E-state index is 0.175. The van der Waals surface area contributed by atoms with E-state index >= 15 is 0 Å². The molecule has 0 saturated carbocycles. The van der Waals surface area contributed by atoms with E-state index in [1.807, 2.05) is 18.2 Å². The molecule has 1 aromatic heterocycles. The zero-order chi connectivity index (χ0) is 18.4. The van der Waals surface area contributed by atoms with E-state index in [2.05, 4.69) is 18.2 Å². The van der Waals surface area contributed by atoms with Gasteiger partial charge in [-0.3, -0.25) is 4.90 Å². The quantitative estimate of drug-likeness (QED) is 0.724. The fourth-order valence-electron chi connectivity index (χ4n) is 4.31. The second kappa shape index (κ2) is 6.43. The first-order valence-electron chi connectivity index (χ1n) is 9.42. The molecule has 3 aromatic rings. The smallest absolute Gasteiger partial charge is 0.339 e. The van der Waals surface area contributed by atoms with Gasteiger partial charge >= 0.3 is 5.63 Å². The summed E-state index contributed by atoms with van der Waals surface area (Å²) >= 11 is 0. The van der Waals surface area contributed by atoms with E-state index in [0.717, 1.165) is 60.4 Å². The number of nitrogens with one attached hydrogen (secondary N) is 1. The standard InChI is InChI=1S/C22H21NO4/c1-25-15-7-5-14(6-8-15)11-23-12-19-20(26-13-23)10-9-17-16-3-2-4-18(16)22(24)27-21(17)19/h5-10H,2-4,11-13H2,1H3/p+1. The molecule has 5 nitrogen and oxygen atoms in total. The van der Waals surface area contributed by atoms with E-state index < -0.39 is 0 Å². The van der Waals surface area contributed by atoms with Crippen LogP contribution in [0.2, 0.25) is 0 Å². The van der Waals surface area contributed by atoms with Gasteiger partial charge in [0.2, 0.25) is 6.73 Å². The molecule has 1 unspecified atom stereocenters. The Hall–Kier alpha value is -2.79. The molecular weight excluding hydrogens is 342 g/mol. The van der Waals surface area contributed by atoms with Crippen molar-refractivity contribution < 1.29 is 18.8 Å². The summed E-state index contributed by atoms with van der Waals surface area (Å²) in [4.78, 5) is 13.7. The molecule has 0 radical (unpaired) electrons. The first-order valence-corrected chi connectivity index (χ1v) is 9.42. The van der Waals surface area contributed by atoms with Gasteiger partial charge in [-0.25, -0.2) is 4.79 Å². The van der Waals surface area contributed by atoms with Crippen molar-refractivity contribution in [2.45, 2.75) is 32.4 Å². The lowest BCUT2D eigenvalue weighted by Crippen LogP contribution is -3.10. The molecule has 1 aliphatic carbocycles. The van der Waals surface area contributed by atoms with Gasteiger partial charge in [-0.05, 0) is 61.2 Å². The van der Waals surface area contributed by atoms with E-state index in [1.54, 1.807) is 7.11 Å². The second-order valence-electron chi connectivity index (χ2n) is 7.36. The predicted octanol–water partition coefficient (Wildman–Crippen LogP) is 2.23. The van der Waals surface area contributed by atoms with Crippen molar-refractivity contribution in [3.63, 3.8) is 0 Å². The normalized spacial score (nSPS) is 18.0. The van der Waals surface area contributed by atoms with Gasteiger partial charge in [0.15, 0.2) is 5.58 Å². The third kappa shape index (κ3) is 2.79. The molecule has 0 spiro atoms. The molecule has 1 N–H and O–H groups in total. The van der Waals surface area contributed by atoms with Crippen molar-refractivity contribution in [3.8, 4) is 11.5 Å². The third-order valence-electron chi connectivity index (χ3n) is 5.67. The Morgan fingerprint density at radius 3 is 2.67 bits per heavy atom. The number of aryl methyl sites for hydroxylation is 1. The molecule has 0 saturated heterocycles. The van der Waals surface area contributed by atoms with Crippen molar-refractivity contribution in [3.05, 3.63) is 69.1 Å². The van der Waals surface area contributed by atoms with E-state index in [9.17, 15) is 4.79 Å². The van der Waals surface area contributed by atoms with E-state index in [-0.39, 0.29) is 5.63 Å². The molecule has 0 amide bonds. The van der Waals surface area contributed by atoms with Crippen molar-refractivity contribution in [1.82, 2.24) is 0 Å². The van der Waals surface area contributed by atoms with Crippen LogP contribution in [0.3, 0.4) is 0 Å². The van der Waals surface area contributed by atoms with Gasteiger partial charge in [0.1, 0.15) is 24.6 Å². The monoisotopic (exact) mass is 364 g/mol. The van der Waals surface area contributed by atoms with Gasteiger partial charge in [0.25, 0.3) is 0 Å². The number of quaternary nitrogens is 1. The minimum Gasteiger partial charge on any atom is -0.497 e. The Balaban J connectivity index is 1.49. The van der Waals surface area contributed by atoms with Gasteiger partial charge in [0.05, 0.1) is 12.7 Å². The number of ether oxygens (including phenoxy) is 2. The number of rotatable bonds is 3. The highest BCUT2D eigenvalue weighted by atomic mass is 16.5. The molecule has 1 atom stereocenters. The molecule has 1 aliphatic heterocycles. The Morgan fingerprint density at radius 1 is 1.04 bits per heavy atom. The first kappa shape index (κ1) is 16.4. The highest BCUT2D eigenvalue weighted by molar-refractivity contribution is 5.86. The largest absolute Gasteiger partial charge is 0.497 e. The summed E-state index contributed by atoms with van der Waals surface area (Å²) in [5.41, 5.74) is 4.80. The van der Waals surface area contributed by atoms with Crippen LogP contribution < -0.4 is 20.0 Å². The maximum Gasteiger partial charge on any atom is 0.339 e. The lowest BCUT2D eigenvalue weighted by molar-refractivity contribution is -0.945. The Kier molecular flexibility index (Phi) is 3.90. The Labute approximate surface area is 157 Å². The molecule has 5 heteroatoms. The lowest BCUT2D eigenvalue weighted by atomic mass is 10.0. The SMILES string of the molecule is COc1ccc(C[NH+]2COc3ccc4c5c(c(=O)oc4c3C2)CCC5)cc1. The maximum absolute atomic E-state index is 12.4. The molecule has 2 heterocycles. The molecule has 2 aliphatic rings. The molecule has 138 valence electrons. The van der Waals surface area contributed by atoms with Gasteiger partial charge in [-0.15, -0.1) is 0 Å². The molecular formula is C22H22NO4+. The molecule has 2 aromatic carbocycles. The van der Waals surface area contributed by atoms with Crippen LogP contribution in [0.1, 0.15) is 28.7 Å². The lowest BCUT2D eigenvalue weighted by Gasteiger charge is -2.26. The van der Waals surface area contributed by atoms with E-state index in [1.165, 1.54) is 16.0 Å². The van der Waals surface area contributed by atoms with Crippen LogP contribution in [0.5, 0.6) is 11.5 Å². The summed E-state index contributed by atoms with van der Waals surface area (Å²) < 4.78 is 17.0. The Bertz CT molecular complexity index is 1070. The Morgan fingerprint density at radius 2 is 1.85 bits per heavy atom. The van der Waals surface area contributed by atoms with Gasteiger partial charge in [0, 0.05) is 16.5 Å². The predicted molar refractivity (Wildman–Crippen MR) is 101 cm³/mol. The van der Waals surface area contributed by atoms with Crippen molar-refractivity contribution in [1.29, 1.82) is 0 Å². The topological polar surface area (TPSA) is 53.1 Å². The van der Waals surface area contributed by atoms with Crippen LogP contribution in [0.4, 0.5) is 0 Å². The average molecular weight is 364 g/mol. The number of hydrogen-bond acceptors (Lipinski definition) is 4. The maximum atomic E-state index is 12.4. The van der Waals surface area contributed by atoms with Crippen molar-refractivity contribution >= 4 is 11.0 Å². The fourth-order valence-corrected chi connectivity index (χ4v) is 4.31. The number of hydrogen-bond donors (Lipinski definition) is 1. The average Bonchev–Trinajstić information content (AvgIpc) is 3.19. The van der Waals surface area contributed by atoms with Crippen LogP contribution in [0, 0.1) is 0 Å². The minimum atomic E-state index is -0.175. The van der Waals surface area contributed by atoms with E-state index in [0.29, 0.717) is 12.3 Å². The number of fused-ring (bicyclic) bond motifs is 5. The van der Waals surface area contributed by atoms with Gasteiger partial charge < -0.3 is 13.9 Å². The summed E-state index contributed by atoms with van der Waals surface area (Å²) in [6, 6.07) is 12.2. The summed E-state index contributed by atoms with van der Waals surface area (Å²) in [7, 11) is 1.67. The zero-order valence-electron chi connectivity index (χ0n) is 15.3. The zero-order valence-corrected chi connectivity index (χ0v) is 15.3. The van der Waals surface area contributed by atoms with E-state index in [4.69, 9.17) is 13.9 Å². The summed E-state index contributed by atoms with van der Waals surface area (Å²) in [5.74, 6) is 1.69. The van der Waals surface area contributed by atoms with Gasteiger partial charge in [-0.2, -0.15) is 0 Å². The number of methoxy groups -OCH3 is 1. The first-order chi connectivity index (χ1) is 13.2. The van der Waals surface area contributed by atoms with Crippen LogP contribution in [0.15, 0.2) is 45.6 Å². The highest BCUT2D eigenvalue weighted by Crippen LogP contribution is 2.33. The summed E-state index contributed by atoms with van der Waals surface area (Å²) in [6.45, 7) is 2.22. The second-order valence-corrected chi connectivity index (χ2v) is 7.36. The van der Waals surface area contributed by atoms with Crippen LogP contribution in [-0.4, -0.2) is 13.8 Å². The van der Waals surface area contributed by atoms with Crippen LogP contribution in [0.25, 0.3) is 11.0 Å². The summed E-state index contributed by atoms with van der Waals surface area (Å²) in [5, 5.41) is 1.08. The highest BCUT2D eigenvalue weighted by Gasteiger charge is 2.27. The van der Waals surface area contributed by atoms with Crippen molar-refractivity contribution in [2.24, 2.45) is 0 Å². The third-order valence-corrected chi connectivity index (χ3v) is 5.67. The van der Waals surface area contributed by atoms with Crippen LogP contribution in [-0.2, 0) is 25.9 Å². The summed E-state index contributed by atoms with van der Waals surface area (Å²) in [6.07, 6.45) is 2.82. The number of benzene rings is 2. The molecule has 27 heavy (non-hydrogen) atoms. The molecule has 5 rings (SSSR count). The van der Waals surface area contributed by atoms with Crippen LogP contribution >= 0.6 is 0 Å². The fraction of sp³-hybridized carbons (Fsp3) is 0.318.